The number of benzene rings is 1. The van der Waals surface area contributed by atoms with Crippen LogP contribution in [0.5, 0.6) is 0 Å². The van der Waals surface area contributed by atoms with Crippen LogP contribution in [-0.4, -0.2) is 11.6 Å². The Kier molecular flexibility index (Phi) is 7.96. The Morgan fingerprint density at radius 3 is 2.24 bits per heavy atom. The maximum Gasteiger partial charge on any atom is 0.163 e. The lowest BCUT2D eigenvalue weighted by Crippen LogP contribution is -2.24. The summed E-state index contributed by atoms with van der Waals surface area (Å²) < 4.78 is 0. The fourth-order valence-electron chi connectivity index (χ4n) is 2.93. The number of hydrogen-bond acceptors (Lipinski definition) is 2. The third-order valence-electron chi connectivity index (χ3n) is 4.30. The highest BCUT2D eigenvalue weighted by molar-refractivity contribution is 5.98. The van der Waals surface area contributed by atoms with Gasteiger partial charge in [-0.2, -0.15) is 0 Å². The molecule has 0 spiro atoms. The fraction of sp³-hybridized carbons (Fsp3) is 0.579. The molecule has 2 atom stereocenters. The molecule has 1 aromatic rings. The highest BCUT2D eigenvalue weighted by Crippen LogP contribution is 2.27. The predicted molar refractivity (Wildman–Crippen MR) is 87.5 cm³/mol. The summed E-state index contributed by atoms with van der Waals surface area (Å²) in [5, 5.41) is 0. The second kappa shape index (κ2) is 9.49. The van der Waals surface area contributed by atoms with E-state index in [1.807, 2.05) is 30.3 Å². The smallest absolute Gasteiger partial charge is 0.163 e. The van der Waals surface area contributed by atoms with Crippen LogP contribution in [0.1, 0.15) is 69.7 Å². The van der Waals surface area contributed by atoms with Crippen molar-refractivity contribution in [1.29, 1.82) is 0 Å². The average molecular weight is 288 g/mol. The molecule has 0 radical (unpaired) electrons. The Morgan fingerprint density at radius 2 is 1.71 bits per heavy atom. The number of rotatable bonds is 10. The minimum Gasteiger partial charge on any atom is -0.300 e. The van der Waals surface area contributed by atoms with E-state index < -0.39 is 0 Å². The van der Waals surface area contributed by atoms with Crippen molar-refractivity contribution in [3.05, 3.63) is 35.9 Å². The summed E-state index contributed by atoms with van der Waals surface area (Å²) in [5.41, 5.74) is 0.715. The lowest BCUT2D eigenvalue weighted by atomic mass is 9.79. The van der Waals surface area contributed by atoms with Gasteiger partial charge in [-0.1, -0.05) is 69.9 Å². The van der Waals surface area contributed by atoms with Gasteiger partial charge in [-0.3, -0.25) is 9.59 Å². The van der Waals surface area contributed by atoms with E-state index in [1.54, 1.807) is 6.92 Å². The summed E-state index contributed by atoms with van der Waals surface area (Å²) in [7, 11) is 0. The molecule has 0 bridgehead atoms. The van der Waals surface area contributed by atoms with Crippen LogP contribution < -0.4 is 0 Å². The first-order valence-corrected chi connectivity index (χ1v) is 8.18. The van der Waals surface area contributed by atoms with Gasteiger partial charge < -0.3 is 0 Å². The maximum atomic E-state index is 12.4. The summed E-state index contributed by atoms with van der Waals surface area (Å²) in [5.74, 6) is 0.452. The largest absolute Gasteiger partial charge is 0.300 e. The number of unbranched alkanes of at least 4 members (excludes halogenated alkanes) is 2. The van der Waals surface area contributed by atoms with E-state index in [9.17, 15) is 9.59 Å². The zero-order valence-electron chi connectivity index (χ0n) is 13.6. The van der Waals surface area contributed by atoms with Crippen molar-refractivity contribution in [2.45, 2.75) is 59.3 Å². The van der Waals surface area contributed by atoms with Crippen LogP contribution in [0.25, 0.3) is 0 Å². The Bertz CT molecular complexity index is 436. The molecule has 0 aliphatic heterocycles. The van der Waals surface area contributed by atoms with Crippen molar-refractivity contribution >= 4 is 11.6 Å². The highest BCUT2D eigenvalue weighted by Gasteiger charge is 2.26. The SMILES string of the molecule is CCCCCC(CC)C(CC(=O)c1ccccc1)C(C)=O. The molecule has 0 aliphatic rings. The predicted octanol–water partition coefficient (Wildman–Crippen LogP) is 5.07. The number of carbonyl (C=O) groups is 2. The minimum absolute atomic E-state index is 0.0877. The van der Waals surface area contributed by atoms with E-state index in [0.29, 0.717) is 17.9 Å². The summed E-state index contributed by atoms with van der Waals surface area (Å²) >= 11 is 0. The summed E-state index contributed by atoms with van der Waals surface area (Å²) in [6, 6.07) is 9.30. The molecule has 0 aromatic heterocycles. The third kappa shape index (κ3) is 5.82. The summed E-state index contributed by atoms with van der Waals surface area (Å²) in [6.45, 7) is 5.94. The Labute approximate surface area is 128 Å². The van der Waals surface area contributed by atoms with Crippen molar-refractivity contribution in [2.24, 2.45) is 11.8 Å². The van der Waals surface area contributed by atoms with Gasteiger partial charge in [0.05, 0.1) is 0 Å². The lowest BCUT2D eigenvalue weighted by molar-refractivity contribution is -0.122. The molecule has 2 nitrogen and oxygen atoms in total. The molecule has 0 saturated heterocycles. The summed E-state index contributed by atoms with van der Waals surface area (Å²) in [4.78, 5) is 24.3. The van der Waals surface area contributed by atoms with Crippen LogP contribution >= 0.6 is 0 Å². The molecule has 0 heterocycles. The Balaban J connectivity index is 2.71. The van der Waals surface area contributed by atoms with Gasteiger partial charge in [0, 0.05) is 17.9 Å². The Morgan fingerprint density at radius 1 is 1.05 bits per heavy atom. The van der Waals surface area contributed by atoms with Crippen LogP contribution in [0.15, 0.2) is 30.3 Å². The van der Waals surface area contributed by atoms with Crippen molar-refractivity contribution in [3.8, 4) is 0 Å². The van der Waals surface area contributed by atoms with Crippen LogP contribution in [0.2, 0.25) is 0 Å². The van der Waals surface area contributed by atoms with E-state index in [0.717, 1.165) is 19.3 Å². The van der Waals surface area contributed by atoms with Crippen molar-refractivity contribution in [2.75, 3.05) is 0 Å². The van der Waals surface area contributed by atoms with Gasteiger partial charge >= 0.3 is 0 Å². The van der Waals surface area contributed by atoms with E-state index in [4.69, 9.17) is 0 Å². The second-order valence-corrected chi connectivity index (χ2v) is 5.87. The van der Waals surface area contributed by atoms with Gasteiger partial charge in [-0.25, -0.2) is 0 Å². The topological polar surface area (TPSA) is 34.1 Å². The van der Waals surface area contributed by atoms with Crippen molar-refractivity contribution in [3.63, 3.8) is 0 Å². The van der Waals surface area contributed by atoms with Crippen LogP contribution in [-0.2, 0) is 4.79 Å². The van der Waals surface area contributed by atoms with Crippen LogP contribution in [0, 0.1) is 11.8 Å². The standard InChI is InChI=1S/C19H28O2/c1-4-6-8-11-16(5-2)18(15(3)20)14-19(21)17-12-9-7-10-13-17/h7,9-10,12-13,16,18H,4-6,8,11,14H2,1-3H3. The molecule has 1 aromatic carbocycles. The zero-order chi connectivity index (χ0) is 15.7. The van der Waals surface area contributed by atoms with Gasteiger partial charge in [0.15, 0.2) is 5.78 Å². The zero-order valence-corrected chi connectivity index (χ0v) is 13.6. The van der Waals surface area contributed by atoms with Gasteiger partial charge in [0.25, 0.3) is 0 Å². The van der Waals surface area contributed by atoms with Gasteiger partial charge in [0.1, 0.15) is 5.78 Å². The lowest BCUT2D eigenvalue weighted by Gasteiger charge is -2.23. The molecule has 0 N–H and O–H groups in total. The number of hydrogen-bond donors (Lipinski definition) is 0. The van der Waals surface area contributed by atoms with Crippen molar-refractivity contribution in [1.82, 2.24) is 0 Å². The van der Waals surface area contributed by atoms with E-state index in [2.05, 4.69) is 13.8 Å². The molecule has 21 heavy (non-hydrogen) atoms. The van der Waals surface area contributed by atoms with Gasteiger partial charge in [-0.05, 0) is 19.3 Å². The van der Waals surface area contributed by atoms with E-state index in [1.165, 1.54) is 12.8 Å². The van der Waals surface area contributed by atoms with E-state index >= 15 is 0 Å². The molecule has 0 amide bonds. The molecule has 2 unspecified atom stereocenters. The van der Waals surface area contributed by atoms with Crippen LogP contribution in [0.3, 0.4) is 0 Å². The van der Waals surface area contributed by atoms with E-state index in [-0.39, 0.29) is 17.5 Å². The molecular weight excluding hydrogens is 260 g/mol. The maximum absolute atomic E-state index is 12.4. The summed E-state index contributed by atoms with van der Waals surface area (Å²) in [6.07, 6.45) is 5.91. The van der Waals surface area contributed by atoms with Gasteiger partial charge in [0.2, 0.25) is 0 Å². The average Bonchev–Trinajstić information content (AvgIpc) is 2.50. The molecule has 1 rings (SSSR count). The Hall–Kier alpha value is -1.44. The molecule has 116 valence electrons. The quantitative estimate of drug-likeness (QED) is 0.445. The minimum atomic E-state index is -0.125. The molecule has 0 aliphatic carbocycles. The molecule has 2 heteroatoms. The molecule has 0 fully saturated rings. The molecule has 0 saturated carbocycles. The number of Topliss-reactive ketones (excluding diaryl/α,β-unsaturated/α-hetero) is 2. The van der Waals surface area contributed by atoms with Crippen LogP contribution in [0.4, 0.5) is 0 Å². The second-order valence-electron chi connectivity index (χ2n) is 5.87. The number of ketones is 2. The first-order chi connectivity index (χ1) is 10.1. The first kappa shape index (κ1) is 17.6. The monoisotopic (exact) mass is 288 g/mol. The normalized spacial score (nSPS) is 13.7. The first-order valence-electron chi connectivity index (χ1n) is 8.18. The third-order valence-corrected chi connectivity index (χ3v) is 4.30. The fourth-order valence-corrected chi connectivity index (χ4v) is 2.93. The van der Waals surface area contributed by atoms with Crippen molar-refractivity contribution < 1.29 is 9.59 Å². The molecular formula is C19H28O2. The van der Waals surface area contributed by atoms with Gasteiger partial charge in [-0.15, -0.1) is 0 Å². The number of carbonyl (C=O) groups excluding carboxylic acids is 2. The highest BCUT2D eigenvalue weighted by atomic mass is 16.1.